The lowest BCUT2D eigenvalue weighted by molar-refractivity contribution is 0.393. The summed E-state index contributed by atoms with van der Waals surface area (Å²) in [6, 6.07) is 5.88. The first-order valence-electron chi connectivity index (χ1n) is 8.85. The number of fused-ring (bicyclic) bond motifs is 1. The van der Waals surface area contributed by atoms with Gasteiger partial charge in [-0.1, -0.05) is 6.42 Å². The van der Waals surface area contributed by atoms with Crippen molar-refractivity contribution in [2.75, 3.05) is 29.9 Å². The molecule has 0 atom stereocenters. The zero-order valence-corrected chi connectivity index (χ0v) is 13.9. The van der Waals surface area contributed by atoms with Gasteiger partial charge in [0.15, 0.2) is 11.5 Å². The van der Waals surface area contributed by atoms with E-state index in [1.54, 1.807) is 12.4 Å². The van der Waals surface area contributed by atoms with Gasteiger partial charge in [0.1, 0.15) is 5.82 Å². The van der Waals surface area contributed by atoms with E-state index in [4.69, 9.17) is 5.10 Å². The molecule has 1 saturated carbocycles. The molecular weight excluding hydrogens is 316 g/mol. The van der Waals surface area contributed by atoms with Gasteiger partial charge in [-0.3, -0.25) is 0 Å². The molecule has 1 aliphatic carbocycles. The number of nitrogens with one attached hydrogen (secondary N) is 1. The van der Waals surface area contributed by atoms with Crippen molar-refractivity contribution in [3.05, 3.63) is 36.4 Å². The minimum atomic E-state index is 0.525. The summed E-state index contributed by atoms with van der Waals surface area (Å²) in [5.41, 5.74) is 0.839. The molecule has 3 aromatic heterocycles. The van der Waals surface area contributed by atoms with E-state index in [2.05, 4.69) is 30.4 Å². The van der Waals surface area contributed by atoms with Crippen molar-refractivity contribution in [1.82, 2.24) is 29.8 Å². The lowest BCUT2D eigenvalue weighted by Crippen LogP contribution is -2.50. The Bertz CT molecular complexity index is 867. The van der Waals surface area contributed by atoms with Gasteiger partial charge in [0.2, 0.25) is 5.95 Å². The van der Waals surface area contributed by atoms with Crippen LogP contribution in [0.15, 0.2) is 30.6 Å². The Morgan fingerprint density at radius 3 is 2.68 bits per heavy atom. The molecule has 2 fully saturated rings. The fraction of sp³-hybridized carbons (Fsp3) is 0.471. The average Bonchev–Trinajstić information content (AvgIpc) is 2.96. The zero-order valence-electron chi connectivity index (χ0n) is 13.9. The average molecular weight is 336 g/mol. The molecule has 4 heterocycles. The fourth-order valence-electron chi connectivity index (χ4n) is 3.40. The minimum Gasteiger partial charge on any atom is -0.354 e. The summed E-state index contributed by atoms with van der Waals surface area (Å²) in [5.74, 6) is 3.81. The second-order valence-electron chi connectivity index (χ2n) is 6.87. The van der Waals surface area contributed by atoms with Crippen molar-refractivity contribution in [1.29, 1.82) is 0 Å². The smallest absolute Gasteiger partial charge is 0.222 e. The van der Waals surface area contributed by atoms with Gasteiger partial charge in [0, 0.05) is 43.9 Å². The molecule has 1 saturated heterocycles. The van der Waals surface area contributed by atoms with Crippen LogP contribution in [-0.2, 0) is 0 Å². The van der Waals surface area contributed by atoms with Gasteiger partial charge in [0.05, 0.1) is 0 Å². The third-order valence-corrected chi connectivity index (χ3v) is 5.14. The zero-order chi connectivity index (χ0) is 16.6. The van der Waals surface area contributed by atoms with E-state index in [-0.39, 0.29) is 0 Å². The van der Waals surface area contributed by atoms with Crippen molar-refractivity contribution in [2.45, 2.75) is 25.2 Å². The van der Waals surface area contributed by atoms with Crippen LogP contribution >= 0.6 is 0 Å². The quantitative estimate of drug-likeness (QED) is 0.759. The standard InChI is InChI=1S/C17H20N8/c1-3-13(4-1)16-22-21-14-5-6-15(23-25(14)16)24-10-12(11-24)9-20-17-18-7-2-8-19-17/h2,5-8,12-13H,1,3-4,9-11H2,(H,18,19,20). The highest BCUT2D eigenvalue weighted by atomic mass is 15.4. The Morgan fingerprint density at radius 1 is 1.08 bits per heavy atom. The van der Waals surface area contributed by atoms with Crippen LogP contribution in [0.4, 0.5) is 11.8 Å². The first kappa shape index (κ1) is 14.6. The van der Waals surface area contributed by atoms with Crippen LogP contribution in [0.25, 0.3) is 5.65 Å². The summed E-state index contributed by atoms with van der Waals surface area (Å²) >= 11 is 0. The van der Waals surface area contributed by atoms with Crippen molar-refractivity contribution in [3.8, 4) is 0 Å². The summed E-state index contributed by atoms with van der Waals surface area (Å²) in [5, 5.41) is 16.7. The number of anilines is 2. The van der Waals surface area contributed by atoms with E-state index >= 15 is 0 Å². The predicted molar refractivity (Wildman–Crippen MR) is 93.6 cm³/mol. The van der Waals surface area contributed by atoms with Gasteiger partial charge < -0.3 is 10.2 Å². The van der Waals surface area contributed by atoms with Gasteiger partial charge in [-0.15, -0.1) is 15.3 Å². The van der Waals surface area contributed by atoms with E-state index in [0.717, 1.165) is 36.9 Å². The second kappa shape index (κ2) is 5.94. The van der Waals surface area contributed by atoms with Crippen molar-refractivity contribution < 1.29 is 0 Å². The third-order valence-electron chi connectivity index (χ3n) is 5.14. The molecule has 128 valence electrons. The summed E-state index contributed by atoms with van der Waals surface area (Å²) in [6.07, 6.45) is 7.18. The number of hydrogen-bond acceptors (Lipinski definition) is 7. The lowest BCUT2D eigenvalue weighted by Gasteiger charge is -2.40. The lowest BCUT2D eigenvalue weighted by atomic mass is 9.85. The number of rotatable bonds is 5. The monoisotopic (exact) mass is 336 g/mol. The molecule has 0 unspecified atom stereocenters. The molecule has 0 radical (unpaired) electrons. The molecule has 0 amide bonds. The topological polar surface area (TPSA) is 84.1 Å². The molecular formula is C17H20N8. The molecule has 5 rings (SSSR count). The van der Waals surface area contributed by atoms with Gasteiger partial charge in [-0.25, -0.2) is 9.97 Å². The van der Waals surface area contributed by atoms with Crippen LogP contribution in [0.5, 0.6) is 0 Å². The Balaban J connectivity index is 1.24. The Hall–Kier alpha value is -2.77. The molecule has 8 heteroatoms. The van der Waals surface area contributed by atoms with E-state index in [1.807, 2.05) is 22.7 Å². The molecule has 0 spiro atoms. The molecule has 2 aliphatic rings. The summed E-state index contributed by atoms with van der Waals surface area (Å²) < 4.78 is 1.93. The van der Waals surface area contributed by atoms with E-state index in [1.165, 1.54) is 19.3 Å². The number of aromatic nitrogens is 6. The number of nitrogens with zero attached hydrogens (tertiary/aromatic N) is 7. The maximum Gasteiger partial charge on any atom is 0.222 e. The first-order valence-corrected chi connectivity index (χ1v) is 8.85. The molecule has 3 aromatic rings. The Labute approximate surface area is 145 Å². The van der Waals surface area contributed by atoms with E-state index < -0.39 is 0 Å². The van der Waals surface area contributed by atoms with Crippen molar-refractivity contribution >= 4 is 17.4 Å². The first-order chi connectivity index (χ1) is 12.4. The second-order valence-corrected chi connectivity index (χ2v) is 6.87. The Morgan fingerprint density at radius 2 is 1.92 bits per heavy atom. The maximum atomic E-state index is 4.79. The summed E-state index contributed by atoms with van der Waals surface area (Å²) in [7, 11) is 0. The molecule has 1 N–H and O–H groups in total. The Kier molecular flexibility index (Phi) is 3.46. The van der Waals surface area contributed by atoms with Crippen LogP contribution in [-0.4, -0.2) is 49.4 Å². The predicted octanol–water partition coefficient (Wildman–Crippen LogP) is 1.73. The summed E-state index contributed by atoms with van der Waals surface area (Å²) in [4.78, 5) is 10.7. The van der Waals surface area contributed by atoms with Crippen molar-refractivity contribution in [3.63, 3.8) is 0 Å². The normalized spacial score (nSPS) is 18.2. The molecule has 8 nitrogen and oxygen atoms in total. The number of hydrogen-bond donors (Lipinski definition) is 1. The van der Waals surface area contributed by atoms with Crippen LogP contribution in [0.1, 0.15) is 31.0 Å². The molecule has 25 heavy (non-hydrogen) atoms. The molecule has 0 aromatic carbocycles. The minimum absolute atomic E-state index is 0.525. The maximum absolute atomic E-state index is 4.79. The van der Waals surface area contributed by atoms with Gasteiger partial charge in [-0.05, 0) is 31.0 Å². The molecule has 0 bridgehead atoms. The van der Waals surface area contributed by atoms with E-state index in [9.17, 15) is 0 Å². The van der Waals surface area contributed by atoms with Crippen LogP contribution in [0, 0.1) is 5.92 Å². The highest BCUT2D eigenvalue weighted by Gasteiger charge is 2.29. The summed E-state index contributed by atoms with van der Waals surface area (Å²) in [6.45, 7) is 2.85. The van der Waals surface area contributed by atoms with Gasteiger partial charge >= 0.3 is 0 Å². The van der Waals surface area contributed by atoms with Gasteiger partial charge in [-0.2, -0.15) is 4.52 Å². The van der Waals surface area contributed by atoms with Crippen LogP contribution < -0.4 is 10.2 Å². The molecule has 1 aliphatic heterocycles. The highest BCUT2D eigenvalue weighted by molar-refractivity contribution is 5.48. The van der Waals surface area contributed by atoms with Gasteiger partial charge in [0.25, 0.3) is 0 Å². The van der Waals surface area contributed by atoms with Crippen LogP contribution in [0.3, 0.4) is 0 Å². The third kappa shape index (κ3) is 2.67. The highest BCUT2D eigenvalue weighted by Crippen LogP contribution is 2.35. The van der Waals surface area contributed by atoms with E-state index in [0.29, 0.717) is 17.8 Å². The van der Waals surface area contributed by atoms with Crippen LogP contribution in [0.2, 0.25) is 0 Å². The van der Waals surface area contributed by atoms with Crippen molar-refractivity contribution in [2.24, 2.45) is 5.92 Å². The fourth-order valence-corrected chi connectivity index (χ4v) is 3.40. The largest absolute Gasteiger partial charge is 0.354 e. The SMILES string of the molecule is c1cnc(NCC2CN(c3ccc4nnc(C5CCC5)n4n3)C2)nc1.